The molecule has 1 heterocycles. The van der Waals surface area contributed by atoms with E-state index in [0.29, 0.717) is 17.8 Å². The van der Waals surface area contributed by atoms with Gasteiger partial charge in [0.15, 0.2) is 0 Å². The summed E-state index contributed by atoms with van der Waals surface area (Å²) in [5.41, 5.74) is 3.96. The molecule has 4 rings (SSSR count). The van der Waals surface area contributed by atoms with Crippen LogP contribution in [0.2, 0.25) is 0 Å². The van der Waals surface area contributed by atoms with Crippen molar-refractivity contribution in [3.63, 3.8) is 0 Å². The zero-order valence-electron chi connectivity index (χ0n) is 17.1. The number of hydrogen-bond donors (Lipinski definition) is 0. The quantitative estimate of drug-likeness (QED) is 0.628. The zero-order valence-corrected chi connectivity index (χ0v) is 17.9. The minimum Gasteiger partial charge on any atom is -0.308 e. The van der Waals surface area contributed by atoms with Gasteiger partial charge in [0.25, 0.3) is 15.9 Å². The number of nitrogens with zero attached hydrogens (tertiary/aromatic N) is 2. The first-order valence-electron chi connectivity index (χ1n) is 9.93. The Morgan fingerprint density at radius 3 is 2.53 bits per heavy atom. The molecule has 3 aromatic carbocycles. The van der Waals surface area contributed by atoms with Crippen LogP contribution in [0.5, 0.6) is 0 Å². The van der Waals surface area contributed by atoms with E-state index in [-0.39, 0.29) is 10.8 Å². The molecule has 154 valence electrons. The Bertz CT molecular complexity index is 1200. The largest absolute Gasteiger partial charge is 0.308 e. The second kappa shape index (κ2) is 7.95. The molecule has 0 spiro atoms. The van der Waals surface area contributed by atoms with Crippen LogP contribution in [0.3, 0.4) is 0 Å². The third kappa shape index (κ3) is 3.71. The summed E-state index contributed by atoms with van der Waals surface area (Å²) in [7, 11) is -2.27. The number of carbonyl (C=O) groups excluding carboxylic acids is 1. The number of hydrogen-bond acceptors (Lipinski definition) is 3. The highest BCUT2D eigenvalue weighted by molar-refractivity contribution is 7.92. The maximum Gasteiger partial charge on any atom is 0.264 e. The van der Waals surface area contributed by atoms with Gasteiger partial charge < -0.3 is 4.90 Å². The normalized spacial score (nSPS) is 13.6. The third-order valence-corrected chi connectivity index (χ3v) is 7.24. The van der Waals surface area contributed by atoms with Crippen LogP contribution in [0.15, 0.2) is 77.7 Å². The van der Waals surface area contributed by atoms with E-state index in [1.807, 2.05) is 49.4 Å². The van der Waals surface area contributed by atoms with Crippen LogP contribution < -0.4 is 9.21 Å². The van der Waals surface area contributed by atoms with Gasteiger partial charge in [0.2, 0.25) is 0 Å². The van der Waals surface area contributed by atoms with Crippen molar-refractivity contribution >= 4 is 27.3 Å². The van der Waals surface area contributed by atoms with Crippen LogP contribution in [-0.2, 0) is 16.4 Å². The Labute approximate surface area is 177 Å². The molecule has 0 aromatic heterocycles. The number of benzene rings is 3. The van der Waals surface area contributed by atoms with Crippen molar-refractivity contribution in [1.82, 2.24) is 0 Å². The monoisotopic (exact) mass is 420 g/mol. The van der Waals surface area contributed by atoms with Crippen LogP contribution >= 0.6 is 0 Å². The molecule has 0 unspecified atom stereocenters. The fourth-order valence-electron chi connectivity index (χ4n) is 3.81. The van der Waals surface area contributed by atoms with Crippen LogP contribution in [0.4, 0.5) is 11.4 Å². The van der Waals surface area contributed by atoms with Gasteiger partial charge in [-0.25, -0.2) is 8.42 Å². The molecule has 5 nitrogen and oxygen atoms in total. The highest BCUT2D eigenvalue weighted by Gasteiger charge is 2.26. The minimum atomic E-state index is -3.79. The van der Waals surface area contributed by atoms with Gasteiger partial charge in [-0.3, -0.25) is 9.10 Å². The molecule has 0 N–H and O–H groups in total. The van der Waals surface area contributed by atoms with Gasteiger partial charge in [-0.1, -0.05) is 36.4 Å². The third-order valence-electron chi connectivity index (χ3n) is 5.46. The second-order valence-electron chi connectivity index (χ2n) is 7.53. The highest BCUT2D eigenvalue weighted by Crippen LogP contribution is 2.29. The molecule has 6 heteroatoms. The summed E-state index contributed by atoms with van der Waals surface area (Å²) in [4.78, 5) is 15.1. The summed E-state index contributed by atoms with van der Waals surface area (Å²) >= 11 is 0. The Hall–Kier alpha value is -3.12. The van der Waals surface area contributed by atoms with Crippen molar-refractivity contribution in [2.24, 2.45) is 0 Å². The van der Waals surface area contributed by atoms with Crippen molar-refractivity contribution in [1.29, 1.82) is 0 Å². The lowest BCUT2D eigenvalue weighted by atomic mass is 10.0. The molecule has 0 bridgehead atoms. The summed E-state index contributed by atoms with van der Waals surface area (Å²) in [6, 6.07) is 21.5. The van der Waals surface area contributed by atoms with Crippen molar-refractivity contribution in [3.8, 4) is 0 Å². The number of fused-ring (bicyclic) bond motifs is 1. The smallest absolute Gasteiger partial charge is 0.264 e. The Morgan fingerprint density at radius 1 is 0.967 bits per heavy atom. The lowest BCUT2D eigenvalue weighted by molar-refractivity contribution is 0.0985. The molecule has 1 amide bonds. The summed E-state index contributed by atoms with van der Waals surface area (Å²) in [5, 5.41) is 0. The zero-order chi connectivity index (χ0) is 21.3. The van der Waals surface area contributed by atoms with E-state index < -0.39 is 10.0 Å². The topological polar surface area (TPSA) is 57.7 Å². The summed E-state index contributed by atoms with van der Waals surface area (Å²) < 4.78 is 27.6. The van der Waals surface area contributed by atoms with E-state index >= 15 is 0 Å². The summed E-state index contributed by atoms with van der Waals surface area (Å²) in [5.74, 6) is -0.183. The van der Waals surface area contributed by atoms with Crippen LogP contribution in [0.1, 0.15) is 27.9 Å². The van der Waals surface area contributed by atoms with Crippen LogP contribution in [0.25, 0.3) is 0 Å². The second-order valence-corrected chi connectivity index (χ2v) is 9.50. The van der Waals surface area contributed by atoms with Gasteiger partial charge in [0, 0.05) is 24.8 Å². The van der Waals surface area contributed by atoms with E-state index in [4.69, 9.17) is 0 Å². The van der Waals surface area contributed by atoms with Gasteiger partial charge in [-0.2, -0.15) is 0 Å². The molecule has 30 heavy (non-hydrogen) atoms. The van der Waals surface area contributed by atoms with Gasteiger partial charge in [0.1, 0.15) is 0 Å². The molecule has 0 saturated heterocycles. The van der Waals surface area contributed by atoms with E-state index in [1.165, 1.54) is 23.5 Å². The molecular weight excluding hydrogens is 396 g/mol. The predicted octanol–water partition coefficient (Wildman–Crippen LogP) is 4.41. The number of anilines is 2. The first-order chi connectivity index (χ1) is 14.4. The Balaban J connectivity index is 1.67. The molecule has 0 aliphatic carbocycles. The van der Waals surface area contributed by atoms with Crippen molar-refractivity contribution < 1.29 is 13.2 Å². The van der Waals surface area contributed by atoms with Crippen molar-refractivity contribution in [2.75, 3.05) is 22.8 Å². The van der Waals surface area contributed by atoms with Crippen molar-refractivity contribution in [3.05, 3.63) is 89.5 Å². The first kappa shape index (κ1) is 20.2. The number of rotatable bonds is 4. The maximum atomic E-state index is 13.2. The van der Waals surface area contributed by atoms with E-state index in [9.17, 15) is 13.2 Å². The first-order valence-corrected chi connectivity index (χ1v) is 11.4. The summed E-state index contributed by atoms with van der Waals surface area (Å²) in [6.07, 6.45) is 1.83. The molecule has 1 aliphatic heterocycles. The van der Waals surface area contributed by atoms with Gasteiger partial charge in [-0.15, -0.1) is 0 Å². The Kier molecular flexibility index (Phi) is 5.35. The fourth-order valence-corrected chi connectivity index (χ4v) is 5.04. The molecule has 0 radical (unpaired) electrons. The summed E-state index contributed by atoms with van der Waals surface area (Å²) in [6.45, 7) is 2.54. The minimum absolute atomic E-state index is 0.0997. The average molecular weight is 421 g/mol. The van der Waals surface area contributed by atoms with Crippen LogP contribution in [-0.4, -0.2) is 27.9 Å². The fraction of sp³-hybridized carbons (Fsp3) is 0.208. The molecule has 1 aliphatic rings. The molecule has 0 atom stereocenters. The predicted molar refractivity (Wildman–Crippen MR) is 120 cm³/mol. The average Bonchev–Trinajstić information content (AvgIpc) is 2.77. The number of carbonyl (C=O) groups is 1. The molecule has 0 saturated carbocycles. The van der Waals surface area contributed by atoms with Gasteiger partial charge >= 0.3 is 0 Å². The molecule has 0 fully saturated rings. The van der Waals surface area contributed by atoms with Crippen molar-refractivity contribution in [2.45, 2.75) is 24.7 Å². The lowest BCUT2D eigenvalue weighted by Gasteiger charge is -2.29. The number of aryl methyl sites for hydroxylation is 2. The van der Waals surface area contributed by atoms with Crippen LogP contribution in [0, 0.1) is 6.92 Å². The number of amides is 1. The van der Waals surface area contributed by atoms with E-state index in [2.05, 4.69) is 0 Å². The number of sulfonamides is 1. The Morgan fingerprint density at radius 2 is 1.73 bits per heavy atom. The molecule has 3 aromatic rings. The number of para-hydroxylation sites is 1. The van der Waals surface area contributed by atoms with E-state index in [0.717, 1.165) is 29.7 Å². The molecular formula is C24H24N2O3S. The van der Waals surface area contributed by atoms with Gasteiger partial charge in [-0.05, 0) is 67.3 Å². The highest BCUT2D eigenvalue weighted by atomic mass is 32.2. The SMILES string of the molecule is Cc1cccc(N(C)S(=O)(=O)c2cccc(C(=O)N3CCCc4ccccc43)c2)c1. The maximum absolute atomic E-state index is 13.2. The lowest BCUT2D eigenvalue weighted by Crippen LogP contribution is -2.35. The van der Waals surface area contributed by atoms with Gasteiger partial charge in [0.05, 0.1) is 10.6 Å². The van der Waals surface area contributed by atoms with E-state index in [1.54, 1.807) is 23.1 Å². The standard InChI is InChI=1S/C24H24N2O3S/c1-18-8-5-12-21(16-18)25(2)30(28,29)22-13-6-10-20(17-22)24(27)26-15-7-11-19-9-3-4-14-23(19)26/h3-6,8-10,12-14,16-17H,7,11,15H2,1-2H3.